The fraction of sp³-hybridized carbons (Fsp3) is 0.529. The fourth-order valence-electron chi connectivity index (χ4n) is 2.83. The Bertz CT molecular complexity index is 830. The lowest BCUT2D eigenvalue weighted by atomic mass is 10.1. The highest BCUT2D eigenvalue weighted by molar-refractivity contribution is 7.22. The monoisotopic (exact) mass is 378 g/mol. The number of aromatic nitrogens is 1. The molecule has 1 atom stereocenters. The number of carbonyl (C=O) groups excluding carboxylic acids is 1. The molecule has 1 aliphatic rings. The van der Waals surface area contributed by atoms with Gasteiger partial charge in [0.1, 0.15) is 5.60 Å². The normalized spacial score (nSPS) is 17.5. The van der Waals surface area contributed by atoms with E-state index in [1.54, 1.807) is 11.0 Å². The SMILES string of the molecule is CC(C)(C)OC(=O)N1CC[C@@H](CNc2nc3cc([N+](=O)[O-])ccc3s2)C1. The number of ether oxygens (including phenoxy) is 1. The molecular formula is C17H22N4O4S. The molecule has 1 fully saturated rings. The number of hydrogen-bond donors (Lipinski definition) is 1. The molecule has 1 N–H and O–H groups in total. The van der Waals surface area contributed by atoms with Crippen LogP contribution >= 0.6 is 11.3 Å². The standard InChI is InChI=1S/C17H22N4O4S/c1-17(2,3)25-16(22)20-7-6-11(10-20)9-18-15-19-13-8-12(21(23)24)4-5-14(13)26-15/h4-5,8,11H,6-7,9-10H2,1-3H3,(H,18,19)/t11-/m0/s1. The molecule has 9 heteroatoms. The van der Waals surface area contributed by atoms with Gasteiger partial charge in [-0.15, -0.1) is 0 Å². The van der Waals surface area contributed by atoms with Gasteiger partial charge in [0.25, 0.3) is 5.69 Å². The van der Waals surface area contributed by atoms with Crippen molar-refractivity contribution in [2.24, 2.45) is 5.92 Å². The van der Waals surface area contributed by atoms with Crippen LogP contribution in [0.5, 0.6) is 0 Å². The highest BCUT2D eigenvalue weighted by Crippen LogP contribution is 2.29. The van der Waals surface area contributed by atoms with Crippen LogP contribution in [0.3, 0.4) is 0 Å². The van der Waals surface area contributed by atoms with Gasteiger partial charge in [0.15, 0.2) is 5.13 Å². The first-order chi connectivity index (χ1) is 12.2. The number of rotatable bonds is 4. The quantitative estimate of drug-likeness (QED) is 0.640. The molecule has 1 amide bonds. The second-order valence-corrected chi connectivity index (χ2v) is 8.42. The van der Waals surface area contributed by atoms with E-state index in [1.807, 2.05) is 20.8 Å². The second-order valence-electron chi connectivity index (χ2n) is 7.39. The van der Waals surface area contributed by atoms with Gasteiger partial charge in [-0.3, -0.25) is 10.1 Å². The molecule has 3 rings (SSSR count). The van der Waals surface area contributed by atoms with Crippen molar-refractivity contribution in [3.63, 3.8) is 0 Å². The molecule has 0 unspecified atom stereocenters. The van der Waals surface area contributed by atoms with Crippen LogP contribution < -0.4 is 5.32 Å². The van der Waals surface area contributed by atoms with Crippen LogP contribution in [-0.2, 0) is 4.74 Å². The third kappa shape index (κ3) is 4.40. The van der Waals surface area contributed by atoms with Crippen LogP contribution in [0.1, 0.15) is 27.2 Å². The summed E-state index contributed by atoms with van der Waals surface area (Å²) in [6, 6.07) is 4.69. The number of hydrogen-bond acceptors (Lipinski definition) is 7. The van der Waals surface area contributed by atoms with Crippen molar-refractivity contribution in [2.45, 2.75) is 32.8 Å². The number of fused-ring (bicyclic) bond motifs is 1. The van der Waals surface area contributed by atoms with Crippen LogP contribution in [0, 0.1) is 16.0 Å². The summed E-state index contributed by atoms with van der Waals surface area (Å²) < 4.78 is 6.31. The van der Waals surface area contributed by atoms with Crippen molar-refractivity contribution < 1.29 is 14.5 Å². The van der Waals surface area contributed by atoms with Crippen LogP contribution in [-0.4, -0.2) is 46.1 Å². The summed E-state index contributed by atoms with van der Waals surface area (Å²) >= 11 is 1.47. The Morgan fingerprint density at radius 3 is 2.96 bits per heavy atom. The minimum Gasteiger partial charge on any atom is -0.444 e. The molecule has 0 aliphatic carbocycles. The van der Waals surface area contributed by atoms with Crippen molar-refractivity contribution in [1.29, 1.82) is 0 Å². The number of thiazole rings is 1. The van der Waals surface area contributed by atoms with Crippen LogP contribution in [0.4, 0.5) is 15.6 Å². The molecule has 0 spiro atoms. The smallest absolute Gasteiger partial charge is 0.410 e. The van der Waals surface area contributed by atoms with Gasteiger partial charge in [-0.25, -0.2) is 9.78 Å². The maximum absolute atomic E-state index is 12.1. The molecule has 140 valence electrons. The molecule has 2 heterocycles. The molecule has 1 saturated heterocycles. The summed E-state index contributed by atoms with van der Waals surface area (Å²) in [5.74, 6) is 0.323. The van der Waals surface area contributed by atoms with Crippen LogP contribution in [0.25, 0.3) is 10.2 Å². The minimum atomic E-state index is -0.489. The van der Waals surface area contributed by atoms with E-state index < -0.39 is 10.5 Å². The molecule has 0 saturated carbocycles. The van der Waals surface area contributed by atoms with E-state index in [1.165, 1.54) is 23.5 Å². The van der Waals surface area contributed by atoms with Crippen molar-refractivity contribution in [3.05, 3.63) is 28.3 Å². The van der Waals surface area contributed by atoms with Crippen molar-refractivity contribution in [2.75, 3.05) is 25.0 Å². The van der Waals surface area contributed by atoms with E-state index in [-0.39, 0.29) is 11.8 Å². The second kappa shape index (κ2) is 7.06. The molecule has 0 radical (unpaired) electrons. The maximum Gasteiger partial charge on any atom is 0.410 e. The molecule has 1 aromatic heterocycles. The van der Waals surface area contributed by atoms with Gasteiger partial charge < -0.3 is 15.0 Å². The number of benzene rings is 1. The lowest BCUT2D eigenvalue weighted by Gasteiger charge is -2.24. The fourth-order valence-corrected chi connectivity index (χ4v) is 3.68. The summed E-state index contributed by atoms with van der Waals surface area (Å²) in [6.07, 6.45) is 0.634. The van der Waals surface area contributed by atoms with Gasteiger partial charge in [0, 0.05) is 31.8 Å². The van der Waals surface area contributed by atoms with Crippen LogP contribution in [0.15, 0.2) is 18.2 Å². The Hall–Kier alpha value is -2.42. The first-order valence-electron chi connectivity index (χ1n) is 8.48. The number of nitro benzene ring substituents is 1. The predicted molar refractivity (Wildman–Crippen MR) is 101 cm³/mol. The number of nitrogens with one attached hydrogen (secondary N) is 1. The summed E-state index contributed by atoms with van der Waals surface area (Å²) in [4.78, 5) is 28.7. The highest BCUT2D eigenvalue weighted by atomic mass is 32.1. The predicted octanol–water partition coefficient (Wildman–Crippen LogP) is 3.87. The van der Waals surface area contributed by atoms with E-state index in [9.17, 15) is 14.9 Å². The van der Waals surface area contributed by atoms with Gasteiger partial charge in [-0.2, -0.15) is 0 Å². The third-order valence-electron chi connectivity index (χ3n) is 4.06. The number of likely N-dealkylation sites (tertiary alicyclic amines) is 1. The summed E-state index contributed by atoms with van der Waals surface area (Å²) in [5, 5.41) is 14.9. The Morgan fingerprint density at radius 2 is 2.27 bits per heavy atom. The zero-order chi connectivity index (χ0) is 18.9. The molecule has 1 aliphatic heterocycles. The van der Waals surface area contributed by atoms with Gasteiger partial charge in [0.05, 0.1) is 15.1 Å². The summed E-state index contributed by atoms with van der Waals surface area (Å²) in [6.45, 7) is 7.61. The van der Waals surface area contributed by atoms with Gasteiger partial charge in [-0.1, -0.05) is 11.3 Å². The molecule has 8 nitrogen and oxygen atoms in total. The Morgan fingerprint density at radius 1 is 1.50 bits per heavy atom. The lowest BCUT2D eigenvalue weighted by molar-refractivity contribution is -0.384. The van der Waals surface area contributed by atoms with Crippen molar-refractivity contribution in [3.8, 4) is 0 Å². The highest BCUT2D eigenvalue weighted by Gasteiger charge is 2.29. The van der Waals surface area contributed by atoms with E-state index >= 15 is 0 Å². The topological polar surface area (TPSA) is 97.6 Å². The molecule has 2 aromatic rings. The first-order valence-corrected chi connectivity index (χ1v) is 9.30. The number of carbonyl (C=O) groups is 1. The van der Waals surface area contributed by atoms with Crippen molar-refractivity contribution >= 4 is 38.5 Å². The van der Waals surface area contributed by atoms with Crippen molar-refractivity contribution in [1.82, 2.24) is 9.88 Å². The zero-order valence-corrected chi connectivity index (χ0v) is 15.8. The first kappa shape index (κ1) is 18.4. The number of nitrogens with zero attached hydrogens (tertiary/aromatic N) is 3. The summed E-state index contributed by atoms with van der Waals surface area (Å²) in [7, 11) is 0. The Kier molecular flexibility index (Phi) is 4.99. The van der Waals surface area contributed by atoms with E-state index in [0.717, 1.165) is 16.3 Å². The lowest BCUT2D eigenvalue weighted by Crippen LogP contribution is -2.35. The molecule has 0 bridgehead atoms. The third-order valence-corrected chi connectivity index (χ3v) is 5.06. The average molecular weight is 378 g/mol. The van der Waals surface area contributed by atoms with Gasteiger partial charge in [0.2, 0.25) is 0 Å². The average Bonchev–Trinajstić information content (AvgIpc) is 3.17. The molecule has 26 heavy (non-hydrogen) atoms. The number of amides is 1. The number of anilines is 1. The largest absolute Gasteiger partial charge is 0.444 e. The molecule has 1 aromatic carbocycles. The number of nitro groups is 1. The van der Waals surface area contributed by atoms with E-state index in [2.05, 4.69) is 10.3 Å². The minimum absolute atomic E-state index is 0.0399. The van der Waals surface area contributed by atoms with Crippen LogP contribution in [0.2, 0.25) is 0 Å². The Balaban J connectivity index is 1.56. The van der Waals surface area contributed by atoms with E-state index in [0.29, 0.717) is 31.1 Å². The molecular weight excluding hydrogens is 356 g/mol. The van der Waals surface area contributed by atoms with Gasteiger partial charge >= 0.3 is 6.09 Å². The number of non-ortho nitro benzene ring substituents is 1. The zero-order valence-electron chi connectivity index (χ0n) is 15.0. The van der Waals surface area contributed by atoms with E-state index in [4.69, 9.17) is 4.74 Å². The Labute approximate surface area is 155 Å². The maximum atomic E-state index is 12.1. The van der Waals surface area contributed by atoms with Gasteiger partial charge in [-0.05, 0) is 39.2 Å². The summed E-state index contributed by atoms with van der Waals surface area (Å²) in [5.41, 5.74) is 0.170.